The Bertz CT molecular complexity index is 958. The van der Waals surface area contributed by atoms with Crippen LogP contribution in [0, 0.1) is 13.8 Å². The van der Waals surface area contributed by atoms with Crippen molar-refractivity contribution >= 4 is 11.9 Å². The number of pyridine rings is 1. The number of rotatable bonds is 7. The Morgan fingerprint density at radius 2 is 1.69 bits per heavy atom. The molecule has 0 aliphatic carbocycles. The lowest BCUT2D eigenvalue weighted by molar-refractivity contribution is 0.0763. The first-order valence-corrected chi connectivity index (χ1v) is 9.54. The van der Waals surface area contributed by atoms with Crippen molar-refractivity contribution in [2.75, 3.05) is 31.6 Å². The van der Waals surface area contributed by atoms with Crippen LogP contribution in [-0.4, -0.2) is 62.4 Å². The second-order valence-corrected chi connectivity index (χ2v) is 6.73. The molecular weight excluding hydrogens is 366 g/mol. The molecule has 0 aromatic carbocycles. The monoisotopic (exact) mass is 391 g/mol. The average molecular weight is 391 g/mol. The highest BCUT2D eigenvalue weighted by Gasteiger charge is 2.22. The first kappa shape index (κ1) is 20.3. The number of aromatic nitrogens is 5. The van der Waals surface area contributed by atoms with E-state index >= 15 is 0 Å². The van der Waals surface area contributed by atoms with Crippen molar-refractivity contribution in [2.24, 2.45) is 0 Å². The summed E-state index contributed by atoms with van der Waals surface area (Å²) in [5, 5.41) is 0. The standard InChI is InChI=1S/C21H25N7O/c1-5-28(13-12-27(4)21-25-15(2)14-16(3)26-21)20(29)19-18(23-10-11-24-19)17-8-6-7-9-22-17/h6-11,14H,5,12-13H2,1-4H3. The Morgan fingerprint density at radius 3 is 2.34 bits per heavy atom. The molecule has 8 heteroatoms. The molecule has 0 saturated carbocycles. The molecule has 3 rings (SSSR count). The van der Waals surface area contributed by atoms with E-state index < -0.39 is 0 Å². The van der Waals surface area contributed by atoms with Gasteiger partial charge in [0, 0.05) is 56.7 Å². The second-order valence-electron chi connectivity index (χ2n) is 6.73. The van der Waals surface area contributed by atoms with Crippen molar-refractivity contribution in [3.63, 3.8) is 0 Å². The van der Waals surface area contributed by atoms with E-state index in [1.165, 1.54) is 6.20 Å². The predicted molar refractivity (Wildman–Crippen MR) is 112 cm³/mol. The van der Waals surface area contributed by atoms with E-state index in [9.17, 15) is 4.79 Å². The third-order valence-corrected chi connectivity index (χ3v) is 4.49. The van der Waals surface area contributed by atoms with E-state index in [0.29, 0.717) is 42.7 Å². The summed E-state index contributed by atoms with van der Waals surface area (Å²) < 4.78 is 0. The molecule has 29 heavy (non-hydrogen) atoms. The molecule has 0 aliphatic heterocycles. The van der Waals surface area contributed by atoms with Crippen LogP contribution in [0.4, 0.5) is 5.95 Å². The molecule has 0 aliphatic rings. The molecule has 0 radical (unpaired) electrons. The van der Waals surface area contributed by atoms with Gasteiger partial charge in [-0.05, 0) is 39.0 Å². The second kappa shape index (κ2) is 9.18. The number of likely N-dealkylation sites (N-methyl/N-ethyl adjacent to an activating group) is 2. The first-order valence-electron chi connectivity index (χ1n) is 9.54. The third kappa shape index (κ3) is 4.90. The van der Waals surface area contributed by atoms with Gasteiger partial charge in [-0.1, -0.05) is 6.07 Å². The van der Waals surface area contributed by atoms with Gasteiger partial charge in [0.1, 0.15) is 5.69 Å². The molecule has 3 aromatic rings. The summed E-state index contributed by atoms with van der Waals surface area (Å²) in [5.41, 5.74) is 3.26. The van der Waals surface area contributed by atoms with Crippen LogP contribution >= 0.6 is 0 Å². The molecule has 1 amide bonds. The van der Waals surface area contributed by atoms with E-state index in [1.807, 2.05) is 57.0 Å². The molecule has 150 valence electrons. The minimum atomic E-state index is -0.170. The Kier molecular flexibility index (Phi) is 6.43. The summed E-state index contributed by atoms with van der Waals surface area (Å²) in [6, 6.07) is 7.45. The number of amides is 1. The van der Waals surface area contributed by atoms with Gasteiger partial charge >= 0.3 is 0 Å². The number of aryl methyl sites for hydroxylation is 2. The van der Waals surface area contributed by atoms with E-state index in [4.69, 9.17) is 0 Å². The zero-order chi connectivity index (χ0) is 20.8. The van der Waals surface area contributed by atoms with E-state index in [-0.39, 0.29) is 5.91 Å². The van der Waals surface area contributed by atoms with Crippen molar-refractivity contribution in [3.8, 4) is 11.4 Å². The van der Waals surface area contributed by atoms with Gasteiger partial charge in [-0.3, -0.25) is 14.8 Å². The smallest absolute Gasteiger partial charge is 0.274 e. The molecule has 0 spiro atoms. The maximum atomic E-state index is 13.2. The normalized spacial score (nSPS) is 10.6. The number of hydrogen-bond donors (Lipinski definition) is 0. The van der Waals surface area contributed by atoms with E-state index in [2.05, 4.69) is 24.9 Å². The zero-order valence-electron chi connectivity index (χ0n) is 17.2. The Labute approximate surface area is 170 Å². The maximum Gasteiger partial charge on any atom is 0.274 e. The van der Waals surface area contributed by atoms with Crippen LogP contribution in [0.15, 0.2) is 42.9 Å². The van der Waals surface area contributed by atoms with Crippen molar-refractivity contribution in [1.82, 2.24) is 29.8 Å². The van der Waals surface area contributed by atoms with Gasteiger partial charge in [-0.15, -0.1) is 0 Å². The van der Waals surface area contributed by atoms with Crippen LogP contribution in [0.5, 0.6) is 0 Å². The Morgan fingerprint density at radius 1 is 0.966 bits per heavy atom. The summed E-state index contributed by atoms with van der Waals surface area (Å²) in [6.45, 7) is 7.50. The fourth-order valence-electron chi connectivity index (χ4n) is 2.99. The van der Waals surface area contributed by atoms with Gasteiger partial charge in [0.05, 0.1) is 5.69 Å². The number of hydrogen-bond acceptors (Lipinski definition) is 7. The van der Waals surface area contributed by atoms with Crippen LogP contribution in [0.2, 0.25) is 0 Å². The number of nitrogens with zero attached hydrogens (tertiary/aromatic N) is 7. The van der Waals surface area contributed by atoms with E-state index in [1.54, 1.807) is 17.3 Å². The highest BCUT2D eigenvalue weighted by Crippen LogP contribution is 2.18. The molecule has 0 bridgehead atoms. The quantitative estimate of drug-likeness (QED) is 0.611. The topological polar surface area (TPSA) is 88.0 Å². The molecule has 0 unspecified atom stereocenters. The van der Waals surface area contributed by atoms with Gasteiger partial charge < -0.3 is 9.80 Å². The van der Waals surface area contributed by atoms with Gasteiger partial charge in [0.2, 0.25) is 5.95 Å². The molecule has 3 heterocycles. The lowest BCUT2D eigenvalue weighted by Gasteiger charge is -2.25. The summed E-state index contributed by atoms with van der Waals surface area (Å²) in [5.74, 6) is 0.482. The highest BCUT2D eigenvalue weighted by molar-refractivity contribution is 5.97. The summed E-state index contributed by atoms with van der Waals surface area (Å²) in [6.07, 6.45) is 4.78. The summed E-state index contributed by atoms with van der Waals surface area (Å²) >= 11 is 0. The molecule has 0 fully saturated rings. The lowest BCUT2D eigenvalue weighted by atomic mass is 10.2. The minimum Gasteiger partial charge on any atom is -0.342 e. The summed E-state index contributed by atoms with van der Waals surface area (Å²) in [7, 11) is 1.92. The Hall–Kier alpha value is -3.42. The van der Waals surface area contributed by atoms with Crippen LogP contribution in [0.1, 0.15) is 28.8 Å². The van der Waals surface area contributed by atoms with Gasteiger partial charge in [0.15, 0.2) is 5.69 Å². The molecular formula is C21H25N7O. The minimum absolute atomic E-state index is 0.170. The number of carbonyl (C=O) groups excluding carboxylic acids is 1. The van der Waals surface area contributed by atoms with Crippen molar-refractivity contribution in [2.45, 2.75) is 20.8 Å². The maximum absolute atomic E-state index is 13.2. The SMILES string of the molecule is CCN(CCN(C)c1nc(C)cc(C)n1)C(=O)c1nccnc1-c1ccccn1. The lowest BCUT2D eigenvalue weighted by Crippen LogP contribution is -2.38. The van der Waals surface area contributed by atoms with Crippen LogP contribution in [-0.2, 0) is 0 Å². The molecule has 8 nitrogen and oxygen atoms in total. The number of carbonyl (C=O) groups is 1. The zero-order valence-corrected chi connectivity index (χ0v) is 17.2. The fraction of sp³-hybridized carbons (Fsp3) is 0.333. The van der Waals surface area contributed by atoms with Gasteiger partial charge in [-0.25, -0.2) is 15.0 Å². The summed E-state index contributed by atoms with van der Waals surface area (Å²) in [4.78, 5) is 38.8. The Balaban J connectivity index is 1.76. The van der Waals surface area contributed by atoms with Crippen LogP contribution < -0.4 is 4.90 Å². The van der Waals surface area contributed by atoms with Crippen LogP contribution in [0.25, 0.3) is 11.4 Å². The van der Waals surface area contributed by atoms with Crippen LogP contribution in [0.3, 0.4) is 0 Å². The van der Waals surface area contributed by atoms with Crippen molar-refractivity contribution < 1.29 is 4.79 Å². The highest BCUT2D eigenvalue weighted by atomic mass is 16.2. The number of anilines is 1. The van der Waals surface area contributed by atoms with Crippen molar-refractivity contribution in [3.05, 3.63) is 59.9 Å². The molecule has 3 aromatic heterocycles. The largest absolute Gasteiger partial charge is 0.342 e. The molecule has 0 saturated heterocycles. The predicted octanol–water partition coefficient (Wildman–Crippen LogP) is 2.54. The molecule has 0 atom stereocenters. The third-order valence-electron chi connectivity index (χ3n) is 4.49. The van der Waals surface area contributed by atoms with Gasteiger partial charge in [0.25, 0.3) is 5.91 Å². The van der Waals surface area contributed by atoms with Gasteiger partial charge in [-0.2, -0.15) is 0 Å². The average Bonchev–Trinajstić information content (AvgIpc) is 2.73. The van der Waals surface area contributed by atoms with E-state index in [0.717, 1.165) is 11.4 Å². The fourth-order valence-corrected chi connectivity index (χ4v) is 2.99. The molecule has 0 N–H and O–H groups in total. The first-order chi connectivity index (χ1) is 14.0. The van der Waals surface area contributed by atoms with Crippen molar-refractivity contribution in [1.29, 1.82) is 0 Å².